The molecule has 2 aromatic carbocycles. The third-order valence-corrected chi connectivity index (χ3v) is 6.22. The van der Waals surface area contributed by atoms with Gasteiger partial charge in [-0.05, 0) is 55.2 Å². The number of carbonyl (C=O) groups is 1. The summed E-state index contributed by atoms with van der Waals surface area (Å²) in [7, 11) is 0. The Morgan fingerprint density at radius 3 is 2.34 bits per heavy atom. The number of rotatable bonds is 4. The Hall–Kier alpha value is -1.50. The first-order valence-electron chi connectivity index (χ1n) is 9.82. The van der Waals surface area contributed by atoms with Crippen molar-refractivity contribution in [3.63, 3.8) is 0 Å². The molecule has 2 N–H and O–H groups in total. The maximum atomic E-state index is 12.9. The fourth-order valence-electron chi connectivity index (χ4n) is 3.93. The summed E-state index contributed by atoms with van der Waals surface area (Å²) in [5, 5.41) is 5.75. The van der Waals surface area contributed by atoms with E-state index in [-0.39, 0.29) is 18.0 Å². The van der Waals surface area contributed by atoms with Crippen molar-refractivity contribution in [3.05, 3.63) is 63.1 Å². The summed E-state index contributed by atoms with van der Waals surface area (Å²) in [6.45, 7) is 1.79. The lowest BCUT2D eigenvalue weighted by atomic mass is 10.0. The fraction of sp³-hybridized carbons (Fsp3) is 0.381. The number of hydrogen-bond acceptors (Lipinski definition) is 4. The lowest BCUT2D eigenvalue weighted by Gasteiger charge is -2.29. The number of anilines is 1. The number of benzene rings is 2. The lowest BCUT2D eigenvalue weighted by Crippen LogP contribution is -2.52. The number of hydrazine groups is 2. The van der Waals surface area contributed by atoms with Crippen LogP contribution in [0.25, 0.3) is 0 Å². The second-order valence-electron chi connectivity index (χ2n) is 7.47. The quantitative estimate of drug-likeness (QED) is 0.685. The molecule has 2 heterocycles. The van der Waals surface area contributed by atoms with Gasteiger partial charge in [-0.15, -0.1) is 0 Å². The molecule has 1 unspecified atom stereocenters. The molecule has 2 fully saturated rings. The highest BCUT2D eigenvalue weighted by Gasteiger charge is 2.38. The highest BCUT2D eigenvalue weighted by atomic mass is 35.5. The lowest BCUT2D eigenvalue weighted by molar-refractivity contribution is -0.128. The van der Waals surface area contributed by atoms with Gasteiger partial charge in [-0.1, -0.05) is 53.4 Å². The van der Waals surface area contributed by atoms with Gasteiger partial charge in [0.05, 0.1) is 16.8 Å². The van der Waals surface area contributed by atoms with Crippen molar-refractivity contribution < 1.29 is 4.79 Å². The molecule has 2 saturated heterocycles. The van der Waals surface area contributed by atoms with E-state index in [1.807, 2.05) is 40.3 Å². The normalized spacial score (nSPS) is 22.7. The number of nitrogens with zero attached hydrogens (tertiary/aromatic N) is 2. The van der Waals surface area contributed by atoms with Crippen molar-refractivity contribution in [2.24, 2.45) is 0 Å². The van der Waals surface area contributed by atoms with Gasteiger partial charge in [0.25, 0.3) is 5.91 Å². The van der Waals surface area contributed by atoms with Crippen LogP contribution in [0, 0.1) is 0 Å². The summed E-state index contributed by atoms with van der Waals surface area (Å²) < 4.78 is 0. The summed E-state index contributed by atoms with van der Waals surface area (Å²) >= 11 is 18.6. The number of hydrogen-bond donors (Lipinski definition) is 2. The third-order valence-electron chi connectivity index (χ3n) is 5.43. The molecule has 0 bridgehead atoms. The summed E-state index contributed by atoms with van der Waals surface area (Å²) in [6.07, 6.45) is 4.05. The zero-order valence-electron chi connectivity index (χ0n) is 15.9. The first-order chi connectivity index (χ1) is 14.0. The molecule has 2 aromatic rings. The van der Waals surface area contributed by atoms with E-state index in [4.69, 9.17) is 34.8 Å². The molecule has 2 aliphatic heterocycles. The second kappa shape index (κ2) is 9.11. The maximum absolute atomic E-state index is 12.9. The van der Waals surface area contributed by atoms with Gasteiger partial charge >= 0.3 is 0 Å². The SMILES string of the molecule is O=C(NN1CCCCC1)C1C[C@H](c2ccc(Cl)cc2)N(c2ccc(Cl)cc2Cl)N1. The monoisotopic (exact) mass is 452 g/mol. The Morgan fingerprint density at radius 1 is 0.966 bits per heavy atom. The van der Waals surface area contributed by atoms with Crippen LogP contribution >= 0.6 is 34.8 Å². The molecule has 29 heavy (non-hydrogen) atoms. The standard InChI is InChI=1S/C21H23Cl3N4O/c22-15-6-4-14(5-7-15)20-13-18(21(29)26-27-10-2-1-3-11-27)25-28(20)19-9-8-16(23)12-17(19)24/h4-9,12,18,20,25H,1-3,10-11,13H2,(H,26,29)/t18?,20-/m1/s1. The van der Waals surface area contributed by atoms with Gasteiger partial charge in [-0.3, -0.25) is 15.2 Å². The van der Waals surface area contributed by atoms with E-state index in [0.29, 0.717) is 21.5 Å². The van der Waals surface area contributed by atoms with Crippen LogP contribution in [0.1, 0.15) is 37.3 Å². The Labute approximate surface area is 185 Å². The molecule has 1 amide bonds. The van der Waals surface area contributed by atoms with E-state index in [9.17, 15) is 4.79 Å². The Balaban J connectivity index is 1.58. The Morgan fingerprint density at radius 2 is 1.66 bits per heavy atom. The molecule has 2 aliphatic rings. The van der Waals surface area contributed by atoms with E-state index in [1.54, 1.807) is 12.1 Å². The van der Waals surface area contributed by atoms with Crippen LogP contribution in [0.2, 0.25) is 15.1 Å². The van der Waals surface area contributed by atoms with Gasteiger partial charge in [0, 0.05) is 23.1 Å². The minimum absolute atomic E-state index is 0.0292. The van der Waals surface area contributed by atoms with E-state index in [1.165, 1.54) is 6.42 Å². The van der Waals surface area contributed by atoms with Crippen LogP contribution in [0.5, 0.6) is 0 Å². The fourth-order valence-corrected chi connectivity index (χ4v) is 4.55. The first-order valence-corrected chi connectivity index (χ1v) is 11.0. The average molecular weight is 454 g/mol. The molecule has 0 aliphatic carbocycles. The predicted octanol–water partition coefficient (Wildman–Crippen LogP) is 4.99. The number of nitrogens with one attached hydrogen (secondary N) is 2. The minimum Gasteiger partial charge on any atom is -0.299 e. The topological polar surface area (TPSA) is 47.6 Å². The van der Waals surface area contributed by atoms with Gasteiger partial charge < -0.3 is 0 Å². The van der Waals surface area contributed by atoms with Gasteiger partial charge in [-0.2, -0.15) is 0 Å². The summed E-state index contributed by atoms with van der Waals surface area (Å²) in [5.41, 5.74) is 8.26. The molecule has 5 nitrogen and oxygen atoms in total. The predicted molar refractivity (Wildman–Crippen MR) is 118 cm³/mol. The van der Waals surface area contributed by atoms with Crippen LogP contribution in [0.4, 0.5) is 5.69 Å². The zero-order chi connectivity index (χ0) is 20.4. The van der Waals surface area contributed by atoms with Crippen LogP contribution in [-0.2, 0) is 4.79 Å². The third kappa shape index (κ3) is 4.81. The molecule has 0 spiro atoms. The van der Waals surface area contributed by atoms with Crippen molar-refractivity contribution in [1.29, 1.82) is 0 Å². The van der Waals surface area contributed by atoms with Crippen LogP contribution < -0.4 is 15.9 Å². The number of piperidine rings is 1. The molecule has 2 atom stereocenters. The van der Waals surface area contributed by atoms with Crippen molar-refractivity contribution >= 4 is 46.4 Å². The van der Waals surface area contributed by atoms with Crippen LogP contribution in [-0.4, -0.2) is 30.0 Å². The Bertz CT molecular complexity index is 871. The molecule has 0 aromatic heterocycles. The largest absolute Gasteiger partial charge is 0.299 e. The minimum atomic E-state index is -0.371. The van der Waals surface area contributed by atoms with Crippen molar-refractivity contribution in [1.82, 2.24) is 15.9 Å². The van der Waals surface area contributed by atoms with Crippen LogP contribution in [0.15, 0.2) is 42.5 Å². The molecular formula is C21H23Cl3N4O. The van der Waals surface area contributed by atoms with Gasteiger partial charge in [0.1, 0.15) is 6.04 Å². The summed E-state index contributed by atoms with van der Waals surface area (Å²) in [5.74, 6) is -0.0292. The number of carbonyl (C=O) groups excluding carboxylic acids is 1. The van der Waals surface area contributed by atoms with Crippen molar-refractivity contribution in [2.75, 3.05) is 18.1 Å². The van der Waals surface area contributed by atoms with E-state index in [2.05, 4.69) is 10.9 Å². The van der Waals surface area contributed by atoms with Gasteiger partial charge in [0.2, 0.25) is 0 Å². The van der Waals surface area contributed by atoms with Crippen molar-refractivity contribution in [3.8, 4) is 0 Å². The van der Waals surface area contributed by atoms with Gasteiger partial charge in [0.15, 0.2) is 0 Å². The summed E-state index contributed by atoms with van der Waals surface area (Å²) in [4.78, 5) is 12.9. The Kier molecular flexibility index (Phi) is 6.52. The second-order valence-corrected chi connectivity index (χ2v) is 8.75. The average Bonchev–Trinajstić information content (AvgIpc) is 3.14. The van der Waals surface area contributed by atoms with E-state index in [0.717, 1.165) is 37.2 Å². The zero-order valence-corrected chi connectivity index (χ0v) is 18.1. The highest BCUT2D eigenvalue weighted by Crippen LogP contribution is 2.39. The molecule has 154 valence electrons. The maximum Gasteiger partial charge on any atom is 0.253 e. The van der Waals surface area contributed by atoms with Gasteiger partial charge in [-0.25, -0.2) is 10.4 Å². The van der Waals surface area contributed by atoms with Crippen molar-refractivity contribution in [2.45, 2.75) is 37.8 Å². The van der Waals surface area contributed by atoms with E-state index < -0.39 is 0 Å². The highest BCUT2D eigenvalue weighted by molar-refractivity contribution is 6.36. The molecule has 4 rings (SSSR count). The van der Waals surface area contributed by atoms with Crippen LogP contribution in [0.3, 0.4) is 0 Å². The first kappa shape index (κ1) is 20.8. The molecule has 0 saturated carbocycles. The van der Waals surface area contributed by atoms with E-state index >= 15 is 0 Å². The number of halogens is 3. The smallest absolute Gasteiger partial charge is 0.253 e. The molecule has 0 radical (unpaired) electrons. The summed E-state index contributed by atoms with van der Waals surface area (Å²) in [6, 6.07) is 12.6. The molecular weight excluding hydrogens is 431 g/mol. The molecule has 8 heteroatoms. The number of amides is 1.